The first-order valence-electron chi connectivity index (χ1n) is 9.19. The van der Waals surface area contributed by atoms with Crippen LogP contribution in [0.5, 0.6) is 11.5 Å². The lowest BCUT2D eigenvalue weighted by atomic mass is 9.95. The Morgan fingerprint density at radius 3 is 2.66 bits per heavy atom. The zero-order chi connectivity index (χ0) is 20.5. The minimum absolute atomic E-state index is 0.0635. The molecule has 8 heteroatoms. The molecule has 1 heterocycles. The van der Waals surface area contributed by atoms with Crippen LogP contribution < -0.4 is 10.1 Å². The molecule has 4 rings (SSSR count). The van der Waals surface area contributed by atoms with Crippen molar-refractivity contribution >= 4 is 22.5 Å². The van der Waals surface area contributed by atoms with Crippen LogP contribution in [0.4, 0.5) is 5.69 Å². The number of aromatic nitrogens is 1. The Morgan fingerprint density at radius 2 is 2.03 bits per heavy atom. The van der Waals surface area contributed by atoms with E-state index in [0.29, 0.717) is 11.3 Å². The molecule has 148 valence electrons. The van der Waals surface area contributed by atoms with Crippen molar-refractivity contribution in [3.8, 4) is 11.5 Å². The molecule has 2 aromatic carbocycles. The van der Waals surface area contributed by atoms with E-state index in [9.17, 15) is 20.0 Å². The number of ether oxygens (including phenoxy) is 1. The number of methoxy groups -OCH3 is 1. The highest BCUT2D eigenvalue weighted by Gasteiger charge is 2.33. The van der Waals surface area contributed by atoms with Gasteiger partial charge in [0.1, 0.15) is 17.0 Å². The number of non-ortho nitro benzene ring substituents is 1. The highest BCUT2D eigenvalue weighted by molar-refractivity contribution is 5.94. The van der Waals surface area contributed by atoms with Crippen LogP contribution in [0.15, 0.2) is 48.7 Å². The Bertz CT molecular complexity index is 1090. The molecular formula is C21H19N3O5. The Balaban J connectivity index is 1.88. The number of benzene rings is 2. The number of carbonyl (C=O) groups is 1. The van der Waals surface area contributed by atoms with E-state index in [0.717, 1.165) is 12.8 Å². The van der Waals surface area contributed by atoms with Gasteiger partial charge in [-0.05, 0) is 42.7 Å². The second kappa shape index (κ2) is 7.38. The molecule has 3 aromatic rings. The maximum atomic E-state index is 12.5. The molecule has 8 nitrogen and oxygen atoms in total. The molecule has 0 aliphatic heterocycles. The van der Waals surface area contributed by atoms with Crippen LogP contribution in [-0.4, -0.2) is 28.0 Å². The van der Waals surface area contributed by atoms with E-state index in [1.807, 2.05) is 0 Å². The zero-order valence-electron chi connectivity index (χ0n) is 15.7. The summed E-state index contributed by atoms with van der Waals surface area (Å²) < 4.78 is 5.18. The number of pyridine rings is 1. The van der Waals surface area contributed by atoms with Crippen LogP contribution in [0.1, 0.15) is 30.0 Å². The van der Waals surface area contributed by atoms with Gasteiger partial charge in [0.15, 0.2) is 0 Å². The summed E-state index contributed by atoms with van der Waals surface area (Å²) in [6.07, 6.45) is 3.08. The Labute approximate surface area is 166 Å². The summed E-state index contributed by atoms with van der Waals surface area (Å²) in [5.74, 6) is 0.236. The monoisotopic (exact) mass is 393 g/mol. The lowest BCUT2D eigenvalue weighted by Gasteiger charge is -2.21. The van der Waals surface area contributed by atoms with E-state index in [4.69, 9.17) is 4.74 Å². The average molecular weight is 393 g/mol. The molecule has 29 heavy (non-hydrogen) atoms. The number of rotatable bonds is 6. The second-order valence-electron chi connectivity index (χ2n) is 6.98. The number of phenolic OH excluding ortho intramolecular Hbond substituents is 1. The van der Waals surface area contributed by atoms with Gasteiger partial charge in [0.05, 0.1) is 23.5 Å². The first-order chi connectivity index (χ1) is 14.0. The van der Waals surface area contributed by atoms with E-state index < -0.39 is 11.0 Å². The Morgan fingerprint density at radius 1 is 1.31 bits per heavy atom. The van der Waals surface area contributed by atoms with E-state index >= 15 is 0 Å². The third-order valence-corrected chi connectivity index (χ3v) is 5.07. The third kappa shape index (κ3) is 3.56. The summed E-state index contributed by atoms with van der Waals surface area (Å²) in [5.41, 5.74) is 0.831. The van der Waals surface area contributed by atoms with E-state index in [1.54, 1.807) is 37.4 Å². The number of hydrogen-bond acceptors (Lipinski definition) is 6. The van der Waals surface area contributed by atoms with Gasteiger partial charge >= 0.3 is 0 Å². The number of carbonyl (C=O) groups excluding carboxylic acids is 1. The van der Waals surface area contributed by atoms with Gasteiger partial charge in [0.2, 0.25) is 5.91 Å². The molecule has 1 saturated carbocycles. The standard InChI is InChI=1S/C21H19N3O5/c1-29-14-8-6-12(7-9-14)18(23-21(26)13-4-5-13)16-11-17(24(27)28)15-3-2-10-22-19(15)20(16)25/h2-3,6-11,13,18,25H,4-5H2,1H3,(H,23,26). The Kier molecular flexibility index (Phi) is 4.75. The van der Waals surface area contributed by atoms with Crippen LogP contribution in [0.2, 0.25) is 0 Å². The maximum absolute atomic E-state index is 12.5. The molecule has 1 aromatic heterocycles. The van der Waals surface area contributed by atoms with Gasteiger partial charge in [-0.25, -0.2) is 0 Å². The predicted molar refractivity (Wildman–Crippen MR) is 106 cm³/mol. The lowest BCUT2D eigenvalue weighted by molar-refractivity contribution is -0.383. The number of nitro benzene ring substituents is 1. The number of fused-ring (bicyclic) bond motifs is 1. The van der Waals surface area contributed by atoms with Gasteiger partial charge in [-0.1, -0.05) is 12.1 Å². The van der Waals surface area contributed by atoms with Gasteiger partial charge < -0.3 is 15.2 Å². The zero-order valence-corrected chi connectivity index (χ0v) is 15.7. The van der Waals surface area contributed by atoms with E-state index in [-0.39, 0.29) is 39.7 Å². The number of hydrogen-bond donors (Lipinski definition) is 2. The number of amides is 1. The smallest absolute Gasteiger partial charge is 0.279 e. The average Bonchev–Trinajstić information content (AvgIpc) is 3.58. The highest BCUT2D eigenvalue weighted by atomic mass is 16.6. The number of nitrogens with zero attached hydrogens (tertiary/aromatic N) is 2. The number of nitro groups is 1. The predicted octanol–water partition coefficient (Wildman–Crippen LogP) is 3.47. The fourth-order valence-electron chi connectivity index (χ4n) is 3.34. The normalized spacial score (nSPS) is 14.4. The molecule has 0 spiro atoms. The lowest BCUT2D eigenvalue weighted by Crippen LogP contribution is -2.30. The molecule has 1 aliphatic carbocycles. The molecule has 1 amide bonds. The molecule has 1 fully saturated rings. The van der Waals surface area contributed by atoms with Crippen molar-refractivity contribution in [1.82, 2.24) is 10.3 Å². The van der Waals surface area contributed by atoms with Crippen molar-refractivity contribution in [3.63, 3.8) is 0 Å². The molecular weight excluding hydrogens is 374 g/mol. The summed E-state index contributed by atoms with van der Waals surface area (Å²) in [7, 11) is 1.55. The molecule has 2 N–H and O–H groups in total. The summed E-state index contributed by atoms with van der Waals surface area (Å²) in [6.45, 7) is 0. The summed E-state index contributed by atoms with van der Waals surface area (Å²) in [6, 6.07) is 10.6. The Hall–Kier alpha value is -3.68. The SMILES string of the molecule is COc1ccc(C(NC(=O)C2CC2)c2cc([N+](=O)[O-])c3cccnc3c2O)cc1. The second-order valence-corrected chi connectivity index (χ2v) is 6.98. The molecule has 0 saturated heterocycles. The van der Waals surface area contributed by atoms with Crippen molar-refractivity contribution in [2.24, 2.45) is 5.92 Å². The summed E-state index contributed by atoms with van der Waals surface area (Å²) in [4.78, 5) is 27.8. The third-order valence-electron chi connectivity index (χ3n) is 5.07. The summed E-state index contributed by atoms with van der Waals surface area (Å²) in [5, 5.41) is 25.7. The maximum Gasteiger partial charge on any atom is 0.279 e. The fourth-order valence-corrected chi connectivity index (χ4v) is 3.34. The summed E-state index contributed by atoms with van der Waals surface area (Å²) >= 11 is 0. The van der Waals surface area contributed by atoms with Crippen LogP contribution in [-0.2, 0) is 4.79 Å². The quantitative estimate of drug-likeness (QED) is 0.489. The minimum Gasteiger partial charge on any atom is -0.505 e. The molecule has 1 unspecified atom stereocenters. The first kappa shape index (κ1) is 18.7. The van der Waals surface area contributed by atoms with Crippen LogP contribution in [0, 0.1) is 16.0 Å². The minimum atomic E-state index is -0.765. The van der Waals surface area contributed by atoms with Gasteiger partial charge in [-0.15, -0.1) is 0 Å². The van der Waals surface area contributed by atoms with Crippen LogP contribution >= 0.6 is 0 Å². The topological polar surface area (TPSA) is 115 Å². The van der Waals surface area contributed by atoms with Crippen LogP contribution in [0.3, 0.4) is 0 Å². The molecule has 1 atom stereocenters. The van der Waals surface area contributed by atoms with Gasteiger partial charge in [-0.2, -0.15) is 0 Å². The molecule has 0 bridgehead atoms. The largest absolute Gasteiger partial charge is 0.505 e. The van der Waals surface area contributed by atoms with Gasteiger partial charge in [-0.3, -0.25) is 19.9 Å². The first-order valence-corrected chi connectivity index (χ1v) is 9.19. The van der Waals surface area contributed by atoms with Crippen molar-refractivity contribution in [2.75, 3.05) is 7.11 Å². The van der Waals surface area contributed by atoms with Crippen molar-refractivity contribution < 1.29 is 19.6 Å². The van der Waals surface area contributed by atoms with Gasteiger partial charge in [0.25, 0.3) is 5.69 Å². The van der Waals surface area contributed by atoms with Crippen molar-refractivity contribution in [3.05, 3.63) is 69.9 Å². The van der Waals surface area contributed by atoms with Crippen molar-refractivity contribution in [2.45, 2.75) is 18.9 Å². The number of aromatic hydroxyl groups is 1. The van der Waals surface area contributed by atoms with E-state index in [1.165, 1.54) is 18.3 Å². The highest BCUT2D eigenvalue weighted by Crippen LogP contribution is 2.40. The van der Waals surface area contributed by atoms with Crippen LogP contribution in [0.25, 0.3) is 10.9 Å². The van der Waals surface area contributed by atoms with Gasteiger partial charge in [0, 0.05) is 23.7 Å². The number of nitrogens with one attached hydrogen (secondary N) is 1. The van der Waals surface area contributed by atoms with E-state index in [2.05, 4.69) is 10.3 Å². The molecule has 1 aliphatic rings. The van der Waals surface area contributed by atoms with Crippen molar-refractivity contribution in [1.29, 1.82) is 0 Å². The number of phenols is 1. The molecule has 0 radical (unpaired) electrons. The fraction of sp³-hybridized carbons (Fsp3) is 0.238.